The van der Waals surface area contributed by atoms with E-state index in [1.807, 2.05) is 11.8 Å². The number of hydrogen-bond acceptors (Lipinski definition) is 5. The van der Waals surface area contributed by atoms with Gasteiger partial charge >= 0.3 is 0 Å². The third kappa shape index (κ3) is 8.21. The Bertz CT molecular complexity index is 435. The molecular weight excluding hydrogens is 374 g/mol. The van der Waals surface area contributed by atoms with E-state index in [2.05, 4.69) is 6.92 Å². The average molecular weight is 416 g/mol. The topological polar surface area (TPSA) is 59.0 Å². The van der Waals surface area contributed by atoms with Gasteiger partial charge in [-0.1, -0.05) is 26.2 Å². The molecule has 6 heteroatoms. The molecule has 0 aromatic carbocycles. The van der Waals surface area contributed by atoms with Crippen molar-refractivity contribution in [2.45, 2.75) is 89.8 Å². The van der Waals surface area contributed by atoms with Crippen molar-refractivity contribution in [3.05, 3.63) is 0 Å². The van der Waals surface area contributed by atoms with Crippen LogP contribution in [0.4, 0.5) is 0 Å². The van der Waals surface area contributed by atoms with Crippen molar-refractivity contribution in [1.29, 1.82) is 0 Å². The SMILES string of the molecule is CCCCCCOCCC1C2CCC(O2)C1CCSCCCCC(=O)N(C)O. The zero-order valence-electron chi connectivity index (χ0n) is 17.9. The van der Waals surface area contributed by atoms with Gasteiger partial charge in [-0.3, -0.25) is 10.0 Å². The van der Waals surface area contributed by atoms with Crippen LogP contribution in [0.1, 0.15) is 77.6 Å². The summed E-state index contributed by atoms with van der Waals surface area (Å²) < 4.78 is 12.1. The van der Waals surface area contributed by atoms with Gasteiger partial charge in [0.1, 0.15) is 0 Å². The van der Waals surface area contributed by atoms with E-state index < -0.39 is 0 Å². The Labute approximate surface area is 175 Å². The highest BCUT2D eigenvalue weighted by Gasteiger charge is 2.47. The van der Waals surface area contributed by atoms with Crippen LogP contribution in [0, 0.1) is 11.8 Å². The number of hydrogen-bond donors (Lipinski definition) is 1. The van der Waals surface area contributed by atoms with E-state index in [0.717, 1.165) is 38.2 Å². The number of carbonyl (C=O) groups is 1. The van der Waals surface area contributed by atoms with Crippen LogP contribution in [0.2, 0.25) is 0 Å². The molecule has 0 aromatic rings. The molecule has 0 aromatic heterocycles. The third-order valence-electron chi connectivity index (χ3n) is 6.21. The van der Waals surface area contributed by atoms with Crippen molar-refractivity contribution >= 4 is 17.7 Å². The molecule has 2 aliphatic rings. The van der Waals surface area contributed by atoms with Crippen molar-refractivity contribution in [1.82, 2.24) is 5.06 Å². The lowest BCUT2D eigenvalue weighted by Gasteiger charge is -2.28. The molecule has 1 amide bonds. The number of carbonyl (C=O) groups excluding carboxylic acids is 1. The van der Waals surface area contributed by atoms with Crippen molar-refractivity contribution < 1.29 is 19.5 Å². The van der Waals surface area contributed by atoms with Gasteiger partial charge in [0.25, 0.3) is 0 Å². The van der Waals surface area contributed by atoms with Crippen LogP contribution >= 0.6 is 11.8 Å². The van der Waals surface area contributed by atoms with Gasteiger partial charge in [0.05, 0.1) is 12.2 Å². The lowest BCUT2D eigenvalue weighted by molar-refractivity contribution is -0.159. The Morgan fingerprint density at radius 2 is 1.79 bits per heavy atom. The van der Waals surface area contributed by atoms with Gasteiger partial charge in [-0.05, 0) is 68.3 Å². The first-order valence-electron chi connectivity index (χ1n) is 11.4. The van der Waals surface area contributed by atoms with Gasteiger partial charge in [-0.2, -0.15) is 11.8 Å². The Morgan fingerprint density at radius 1 is 1.04 bits per heavy atom. The fourth-order valence-electron chi connectivity index (χ4n) is 4.59. The standard InChI is InChI=1S/C22H41NO4S/c1-3-4-5-7-14-26-15-12-18-19(21-11-10-20(18)27-21)13-17-28-16-8-6-9-22(24)23(2)25/h18-21,25H,3-17H2,1-2H3. The summed E-state index contributed by atoms with van der Waals surface area (Å²) in [5.41, 5.74) is 0. The Balaban J connectivity index is 1.54. The quantitative estimate of drug-likeness (QED) is 0.220. The molecule has 0 spiro atoms. The molecule has 4 atom stereocenters. The number of fused-ring (bicyclic) bond motifs is 2. The highest BCUT2D eigenvalue weighted by atomic mass is 32.2. The zero-order chi connectivity index (χ0) is 20.2. The number of thioether (sulfide) groups is 1. The monoisotopic (exact) mass is 415 g/mol. The molecule has 28 heavy (non-hydrogen) atoms. The van der Waals surface area contributed by atoms with E-state index in [1.165, 1.54) is 57.7 Å². The zero-order valence-corrected chi connectivity index (χ0v) is 18.8. The summed E-state index contributed by atoms with van der Waals surface area (Å²) in [6, 6.07) is 0. The predicted octanol–water partition coefficient (Wildman–Crippen LogP) is 4.91. The van der Waals surface area contributed by atoms with E-state index >= 15 is 0 Å². The normalized spacial score (nSPS) is 26.1. The van der Waals surface area contributed by atoms with Gasteiger partial charge in [-0.25, -0.2) is 5.06 Å². The maximum Gasteiger partial charge on any atom is 0.245 e. The minimum Gasteiger partial charge on any atom is -0.381 e. The summed E-state index contributed by atoms with van der Waals surface area (Å²) in [6.45, 7) is 4.04. The lowest BCUT2D eigenvalue weighted by Crippen LogP contribution is -2.28. The molecule has 5 nitrogen and oxygen atoms in total. The number of nitrogens with zero attached hydrogens (tertiary/aromatic N) is 1. The van der Waals surface area contributed by atoms with Crippen molar-refractivity contribution in [3.63, 3.8) is 0 Å². The van der Waals surface area contributed by atoms with E-state index in [9.17, 15) is 4.79 Å². The second-order valence-electron chi connectivity index (χ2n) is 8.36. The maximum absolute atomic E-state index is 11.3. The highest BCUT2D eigenvalue weighted by Crippen LogP contribution is 2.46. The second-order valence-corrected chi connectivity index (χ2v) is 9.58. The van der Waals surface area contributed by atoms with Crippen molar-refractivity contribution in [2.75, 3.05) is 31.8 Å². The summed E-state index contributed by atoms with van der Waals surface area (Å²) in [7, 11) is 1.39. The number of rotatable bonds is 16. The van der Waals surface area contributed by atoms with E-state index in [0.29, 0.717) is 35.5 Å². The second kappa shape index (κ2) is 13.8. The maximum atomic E-state index is 11.3. The number of ether oxygens (including phenoxy) is 2. The molecule has 2 saturated heterocycles. The van der Waals surface area contributed by atoms with Gasteiger partial charge in [0.2, 0.25) is 5.91 Å². The van der Waals surface area contributed by atoms with Crippen molar-refractivity contribution in [2.24, 2.45) is 11.8 Å². The van der Waals surface area contributed by atoms with E-state index in [1.54, 1.807) is 0 Å². The Kier molecular flexibility index (Phi) is 11.8. The van der Waals surface area contributed by atoms with Gasteiger partial charge in [-0.15, -0.1) is 0 Å². The fraction of sp³-hybridized carbons (Fsp3) is 0.955. The Morgan fingerprint density at radius 3 is 2.50 bits per heavy atom. The molecule has 0 aliphatic carbocycles. The van der Waals surface area contributed by atoms with Gasteiger partial charge in [0, 0.05) is 26.7 Å². The van der Waals surface area contributed by atoms with E-state index in [-0.39, 0.29) is 5.91 Å². The minimum absolute atomic E-state index is 0.195. The van der Waals surface area contributed by atoms with Crippen molar-refractivity contribution in [3.8, 4) is 0 Å². The molecule has 2 aliphatic heterocycles. The highest BCUT2D eigenvalue weighted by molar-refractivity contribution is 7.99. The molecule has 1 N–H and O–H groups in total. The molecule has 2 rings (SSSR count). The fourth-order valence-corrected chi connectivity index (χ4v) is 5.64. The largest absolute Gasteiger partial charge is 0.381 e. The van der Waals surface area contributed by atoms with Crippen LogP contribution < -0.4 is 0 Å². The van der Waals surface area contributed by atoms with E-state index in [4.69, 9.17) is 14.7 Å². The van der Waals surface area contributed by atoms with Crippen LogP contribution in [-0.4, -0.2) is 60.2 Å². The van der Waals surface area contributed by atoms with Crippen LogP contribution in [0.15, 0.2) is 0 Å². The van der Waals surface area contributed by atoms with Crippen LogP contribution in [-0.2, 0) is 14.3 Å². The Hall–Kier alpha value is -0.300. The lowest BCUT2D eigenvalue weighted by atomic mass is 9.76. The molecule has 2 bridgehead atoms. The minimum atomic E-state index is -0.195. The summed E-state index contributed by atoms with van der Waals surface area (Å²) in [6.07, 6.45) is 13.2. The summed E-state index contributed by atoms with van der Waals surface area (Å²) >= 11 is 1.99. The first-order chi connectivity index (χ1) is 13.6. The third-order valence-corrected chi connectivity index (χ3v) is 7.32. The first kappa shape index (κ1) is 24.0. The number of unbranched alkanes of at least 4 members (excludes halogenated alkanes) is 4. The van der Waals surface area contributed by atoms with Crippen LogP contribution in [0.5, 0.6) is 0 Å². The van der Waals surface area contributed by atoms with Gasteiger partial charge in [0.15, 0.2) is 0 Å². The molecule has 2 fully saturated rings. The van der Waals surface area contributed by atoms with Crippen LogP contribution in [0.25, 0.3) is 0 Å². The smallest absolute Gasteiger partial charge is 0.245 e. The molecular formula is C22H41NO4S. The molecule has 2 heterocycles. The molecule has 164 valence electrons. The van der Waals surface area contributed by atoms with Crippen LogP contribution in [0.3, 0.4) is 0 Å². The average Bonchev–Trinajstić information content (AvgIpc) is 3.28. The van der Waals surface area contributed by atoms with Gasteiger partial charge < -0.3 is 9.47 Å². The number of amides is 1. The summed E-state index contributed by atoms with van der Waals surface area (Å²) in [4.78, 5) is 11.3. The molecule has 0 radical (unpaired) electrons. The molecule has 0 saturated carbocycles. The molecule has 4 unspecified atom stereocenters. The first-order valence-corrected chi connectivity index (χ1v) is 12.5. The summed E-state index contributed by atoms with van der Waals surface area (Å²) in [5, 5.41) is 9.73. The number of hydroxylamine groups is 2. The summed E-state index contributed by atoms with van der Waals surface area (Å²) in [5.74, 6) is 3.47. The predicted molar refractivity (Wildman–Crippen MR) is 115 cm³/mol.